The van der Waals surface area contributed by atoms with Crippen LogP contribution < -0.4 is 0 Å². The highest BCUT2D eigenvalue weighted by Crippen LogP contribution is 2.31. The molecule has 1 aliphatic heterocycles. The van der Waals surface area contributed by atoms with Gasteiger partial charge in [0.25, 0.3) is 0 Å². The number of nitrogens with zero attached hydrogens (tertiary/aromatic N) is 7. The molecule has 10 heteroatoms. The molecule has 1 atom stereocenters. The van der Waals surface area contributed by atoms with E-state index in [1.165, 1.54) is 10.7 Å². The van der Waals surface area contributed by atoms with Gasteiger partial charge in [-0.25, -0.2) is 14.0 Å². The Labute approximate surface area is 173 Å². The lowest BCUT2D eigenvalue weighted by Crippen LogP contribution is -2.35. The van der Waals surface area contributed by atoms with Crippen LogP contribution >= 0.6 is 0 Å². The Morgan fingerprint density at radius 1 is 1.40 bits per heavy atom. The molecule has 4 rings (SSSR count). The van der Waals surface area contributed by atoms with Crippen molar-refractivity contribution in [2.45, 2.75) is 45.8 Å². The summed E-state index contributed by atoms with van der Waals surface area (Å²) < 4.78 is 8.73. The van der Waals surface area contributed by atoms with Gasteiger partial charge in [-0.05, 0) is 40.2 Å². The van der Waals surface area contributed by atoms with Crippen LogP contribution in [0.3, 0.4) is 0 Å². The SMILES string of the molecule is Cc1c(-c2cc(O)c3c(C#N)cnn3c2)nnn1[C@H]1CCN(C(=O)OC(C)(C)C)C1. The van der Waals surface area contributed by atoms with Crippen LogP contribution in [0.5, 0.6) is 5.75 Å². The van der Waals surface area contributed by atoms with Crippen LogP contribution in [0.25, 0.3) is 16.8 Å². The molecule has 4 heterocycles. The third-order valence-electron chi connectivity index (χ3n) is 5.07. The van der Waals surface area contributed by atoms with Crippen molar-refractivity contribution in [3.8, 4) is 23.1 Å². The van der Waals surface area contributed by atoms with Crippen molar-refractivity contribution in [1.82, 2.24) is 29.5 Å². The van der Waals surface area contributed by atoms with Crippen LogP contribution in [0.15, 0.2) is 18.5 Å². The molecule has 0 aromatic carbocycles. The maximum Gasteiger partial charge on any atom is 0.410 e. The summed E-state index contributed by atoms with van der Waals surface area (Å²) in [6, 6.07) is 3.56. The molecule has 0 saturated carbocycles. The number of aromatic nitrogens is 5. The van der Waals surface area contributed by atoms with E-state index >= 15 is 0 Å². The van der Waals surface area contributed by atoms with Crippen LogP contribution in [0, 0.1) is 18.3 Å². The number of hydrogen-bond acceptors (Lipinski definition) is 7. The van der Waals surface area contributed by atoms with E-state index in [0.717, 1.165) is 12.1 Å². The minimum atomic E-state index is -0.538. The summed E-state index contributed by atoms with van der Waals surface area (Å²) in [4.78, 5) is 14.0. The Morgan fingerprint density at radius 3 is 2.87 bits per heavy atom. The minimum absolute atomic E-state index is 0.00834. The zero-order valence-corrected chi connectivity index (χ0v) is 17.3. The van der Waals surface area contributed by atoms with E-state index in [0.29, 0.717) is 35.4 Å². The van der Waals surface area contributed by atoms with E-state index in [1.54, 1.807) is 17.2 Å². The first-order valence-electron chi connectivity index (χ1n) is 9.68. The average Bonchev–Trinajstić information content (AvgIpc) is 3.37. The van der Waals surface area contributed by atoms with Gasteiger partial charge in [0.2, 0.25) is 0 Å². The minimum Gasteiger partial charge on any atom is -0.506 e. The number of rotatable bonds is 2. The topological polar surface area (TPSA) is 122 Å². The molecule has 0 spiro atoms. The Balaban J connectivity index is 1.59. The molecule has 3 aromatic rings. The highest BCUT2D eigenvalue weighted by molar-refractivity contribution is 5.74. The maximum absolute atomic E-state index is 12.3. The quantitative estimate of drug-likeness (QED) is 0.690. The molecule has 1 fully saturated rings. The van der Waals surface area contributed by atoms with E-state index in [4.69, 9.17) is 10.00 Å². The second-order valence-electron chi connectivity index (χ2n) is 8.41. The van der Waals surface area contributed by atoms with Crippen molar-refractivity contribution >= 4 is 11.6 Å². The van der Waals surface area contributed by atoms with Gasteiger partial charge in [0.05, 0.1) is 17.9 Å². The van der Waals surface area contributed by atoms with E-state index < -0.39 is 5.60 Å². The number of aromatic hydroxyl groups is 1. The number of pyridine rings is 1. The Hall–Kier alpha value is -3.61. The summed E-state index contributed by atoms with van der Waals surface area (Å²) in [5.74, 6) is -0.0486. The highest BCUT2D eigenvalue weighted by Gasteiger charge is 2.32. The van der Waals surface area contributed by atoms with Gasteiger partial charge in [-0.2, -0.15) is 10.4 Å². The van der Waals surface area contributed by atoms with Gasteiger partial charge in [0.1, 0.15) is 34.2 Å². The van der Waals surface area contributed by atoms with Gasteiger partial charge in [-0.1, -0.05) is 5.21 Å². The number of ether oxygens (including phenoxy) is 1. The lowest BCUT2D eigenvalue weighted by molar-refractivity contribution is 0.0288. The first-order chi connectivity index (χ1) is 14.2. The van der Waals surface area contributed by atoms with Crippen molar-refractivity contribution in [3.63, 3.8) is 0 Å². The van der Waals surface area contributed by atoms with Crippen LogP contribution in [0.2, 0.25) is 0 Å². The number of amides is 1. The fraction of sp³-hybridized carbons (Fsp3) is 0.450. The van der Waals surface area contributed by atoms with E-state index in [1.807, 2.05) is 38.4 Å². The van der Waals surface area contributed by atoms with Crippen LogP contribution in [-0.4, -0.2) is 59.4 Å². The number of likely N-dealkylation sites (tertiary alicyclic amines) is 1. The summed E-state index contributed by atoms with van der Waals surface area (Å²) >= 11 is 0. The van der Waals surface area contributed by atoms with Crippen LogP contribution in [0.4, 0.5) is 4.79 Å². The normalized spacial score (nSPS) is 16.8. The molecule has 3 aromatic heterocycles. The summed E-state index contributed by atoms with van der Waals surface area (Å²) in [7, 11) is 0. The average molecular weight is 409 g/mol. The number of carbonyl (C=O) groups excluding carboxylic acids is 1. The number of hydrogen-bond donors (Lipinski definition) is 1. The second-order valence-corrected chi connectivity index (χ2v) is 8.41. The summed E-state index contributed by atoms with van der Waals surface area (Å²) in [5.41, 5.74) is 2.18. The predicted molar refractivity (Wildman–Crippen MR) is 107 cm³/mol. The zero-order valence-electron chi connectivity index (χ0n) is 17.3. The Bertz CT molecular complexity index is 1170. The van der Waals surface area contributed by atoms with Gasteiger partial charge in [-0.15, -0.1) is 5.10 Å². The van der Waals surface area contributed by atoms with E-state index in [-0.39, 0.29) is 17.9 Å². The Morgan fingerprint density at radius 2 is 2.17 bits per heavy atom. The lowest BCUT2D eigenvalue weighted by atomic mass is 10.1. The van der Waals surface area contributed by atoms with Crippen LogP contribution in [0.1, 0.15) is 44.5 Å². The molecular weight excluding hydrogens is 386 g/mol. The van der Waals surface area contributed by atoms with Crippen molar-refractivity contribution in [2.24, 2.45) is 0 Å². The molecule has 1 amide bonds. The smallest absolute Gasteiger partial charge is 0.410 e. The fourth-order valence-corrected chi connectivity index (χ4v) is 3.70. The molecule has 0 radical (unpaired) electrons. The molecule has 0 aliphatic carbocycles. The molecule has 1 N–H and O–H groups in total. The standard InChI is InChI=1S/C20H23N7O3/c1-12-17(13-7-16(28)18-14(8-21)9-22-26(18)10-13)23-24-27(12)15-5-6-25(11-15)19(29)30-20(2,3)4/h7,9-10,15,28H,5-6,11H2,1-4H3/t15-/m0/s1. The fourth-order valence-electron chi connectivity index (χ4n) is 3.70. The van der Waals surface area contributed by atoms with Crippen molar-refractivity contribution in [2.75, 3.05) is 13.1 Å². The molecule has 1 aliphatic rings. The molecular formula is C20H23N7O3. The molecule has 156 valence electrons. The van der Waals surface area contributed by atoms with Gasteiger partial charge < -0.3 is 14.7 Å². The van der Waals surface area contributed by atoms with Crippen LogP contribution in [-0.2, 0) is 4.74 Å². The summed E-state index contributed by atoms with van der Waals surface area (Å²) in [6.45, 7) is 8.52. The largest absolute Gasteiger partial charge is 0.506 e. The summed E-state index contributed by atoms with van der Waals surface area (Å²) in [5, 5.41) is 32.3. The van der Waals surface area contributed by atoms with E-state index in [9.17, 15) is 9.90 Å². The van der Waals surface area contributed by atoms with Gasteiger partial charge in [0.15, 0.2) is 0 Å². The van der Waals surface area contributed by atoms with Gasteiger partial charge >= 0.3 is 6.09 Å². The van der Waals surface area contributed by atoms with E-state index in [2.05, 4.69) is 15.4 Å². The first kappa shape index (κ1) is 19.7. The van der Waals surface area contributed by atoms with Crippen molar-refractivity contribution < 1.29 is 14.6 Å². The monoisotopic (exact) mass is 409 g/mol. The van der Waals surface area contributed by atoms with Crippen molar-refractivity contribution in [3.05, 3.63) is 29.7 Å². The number of fused-ring (bicyclic) bond motifs is 1. The first-order valence-corrected chi connectivity index (χ1v) is 9.68. The third kappa shape index (κ3) is 3.43. The molecule has 0 unspecified atom stereocenters. The predicted octanol–water partition coefficient (Wildman–Crippen LogP) is 2.66. The number of carbonyl (C=O) groups is 1. The third-order valence-corrected chi connectivity index (χ3v) is 5.07. The Kier molecular flexibility index (Phi) is 4.61. The highest BCUT2D eigenvalue weighted by atomic mass is 16.6. The molecule has 30 heavy (non-hydrogen) atoms. The summed E-state index contributed by atoms with van der Waals surface area (Å²) in [6.07, 6.45) is 3.54. The lowest BCUT2D eigenvalue weighted by Gasteiger charge is -2.24. The van der Waals surface area contributed by atoms with Gasteiger partial charge in [-0.3, -0.25) is 0 Å². The van der Waals surface area contributed by atoms with Gasteiger partial charge in [0, 0.05) is 24.8 Å². The maximum atomic E-state index is 12.3. The van der Waals surface area contributed by atoms with Crippen molar-refractivity contribution in [1.29, 1.82) is 5.26 Å². The number of nitriles is 1. The molecule has 1 saturated heterocycles. The molecule has 10 nitrogen and oxygen atoms in total. The molecule has 0 bridgehead atoms. The second kappa shape index (κ2) is 7.02. The zero-order chi connectivity index (χ0) is 21.6.